The van der Waals surface area contributed by atoms with E-state index in [2.05, 4.69) is 5.32 Å². The zero-order valence-electron chi connectivity index (χ0n) is 11.2. The number of aliphatic hydroxyl groups is 1. The van der Waals surface area contributed by atoms with E-state index in [9.17, 15) is 9.50 Å². The van der Waals surface area contributed by atoms with E-state index in [1.165, 1.54) is 19.6 Å². The average Bonchev–Trinajstić information content (AvgIpc) is 2.38. The van der Waals surface area contributed by atoms with E-state index in [4.69, 9.17) is 4.74 Å². The molecule has 0 radical (unpaired) electrons. The Bertz CT molecular complexity index is 465. The maximum Gasteiger partial charge on any atom is 0.165 e. The third-order valence-electron chi connectivity index (χ3n) is 4.43. The van der Waals surface area contributed by atoms with Gasteiger partial charge in [-0.05, 0) is 43.4 Å². The Morgan fingerprint density at radius 1 is 1.32 bits per heavy atom. The van der Waals surface area contributed by atoms with Gasteiger partial charge in [0.05, 0.1) is 12.7 Å². The van der Waals surface area contributed by atoms with Crippen LogP contribution in [0.4, 0.5) is 4.39 Å². The van der Waals surface area contributed by atoms with Crippen LogP contribution in [0.25, 0.3) is 0 Å². The minimum atomic E-state index is -0.909. The van der Waals surface area contributed by atoms with Gasteiger partial charge in [-0.2, -0.15) is 0 Å². The Hall–Kier alpha value is -1.13. The van der Waals surface area contributed by atoms with Gasteiger partial charge < -0.3 is 15.2 Å². The fraction of sp³-hybridized carbons (Fsp3) is 0.600. The smallest absolute Gasteiger partial charge is 0.165 e. The van der Waals surface area contributed by atoms with Crippen molar-refractivity contribution in [2.24, 2.45) is 0 Å². The largest absolute Gasteiger partial charge is 0.494 e. The molecule has 1 aromatic carbocycles. The second kappa shape index (κ2) is 4.76. The second-order valence-electron chi connectivity index (χ2n) is 5.78. The fourth-order valence-corrected chi connectivity index (χ4v) is 3.52. The predicted octanol–water partition coefficient (Wildman–Crippen LogP) is 2.33. The molecule has 19 heavy (non-hydrogen) atoms. The summed E-state index contributed by atoms with van der Waals surface area (Å²) in [6.07, 6.45) is 4.73. The first kappa shape index (κ1) is 12.9. The molecule has 0 amide bonds. The Morgan fingerprint density at radius 2 is 2.00 bits per heavy atom. The summed E-state index contributed by atoms with van der Waals surface area (Å²) >= 11 is 0. The molecule has 0 saturated carbocycles. The number of rotatable bonds is 2. The molecule has 1 aromatic rings. The zero-order chi connectivity index (χ0) is 13.5. The quantitative estimate of drug-likeness (QED) is 0.862. The van der Waals surface area contributed by atoms with Gasteiger partial charge in [-0.25, -0.2) is 4.39 Å². The van der Waals surface area contributed by atoms with Crippen LogP contribution in [0.5, 0.6) is 5.75 Å². The van der Waals surface area contributed by atoms with Gasteiger partial charge in [0.25, 0.3) is 0 Å². The molecule has 2 bridgehead atoms. The molecule has 2 N–H and O–H groups in total. The molecular formula is C15H20FNO2. The van der Waals surface area contributed by atoms with Gasteiger partial charge in [-0.3, -0.25) is 0 Å². The summed E-state index contributed by atoms with van der Waals surface area (Å²) < 4.78 is 18.7. The topological polar surface area (TPSA) is 41.5 Å². The average molecular weight is 265 g/mol. The van der Waals surface area contributed by atoms with Gasteiger partial charge >= 0.3 is 0 Å². The van der Waals surface area contributed by atoms with E-state index in [1.54, 1.807) is 12.1 Å². The Morgan fingerprint density at radius 3 is 2.58 bits per heavy atom. The summed E-state index contributed by atoms with van der Waals surface area (Å²) in [5.41, 5.74) is -0.238. The van der Waals surface area contributed by atoms with Crippen LogP contribution < -0.4 is 10.1 Å². The maximum absolute atomic E-state index is 13.8. The monoisotopic (exact) mass is 265 g/mol. The molecule has 2 aliphatic heterocycles. The highest BCUT2D eigenvalue weighted by Gasteiger charge is 2.41. The van der Waals surface area contributed by atoms with Crippen molar-refractivity contribution >= 4 is 0 Å². The van der Waals surface area contributed by atoms with Crippen molar-refractivity contribution in [3.05, 3.63) is 29.6 Å². The number of benzene rings is 1. The van der Waals surface area contributed by atoms with Crippen LogP contribution in [0.3, 0.4) is 0 Å². The molecule has 2 fully saturated rings. The van der Waals surface area contributed by atoms with Crippen LogP contribution in [0.1, 0.15) is 37.7 Å². The molecule has 2 aliphatic rings. The summed E-state index contributed by atoms with van der Waals surface area (Å²) in [6.45, 7) is 0. The number of hydrogen-bond donors (Lipinski definition) is 2. The van der Waals surface area contributed by atoms with E-state index in [-0.39, 0.29) is 5.75 Å². The van der Waals surface area contributed by atoms with Gasteiger partial charge in [0.2, 0.25) is 0 Å². The number of ether oxygens (including phenoxy) is 1. The van der Waals surface area contributed by atoms with E-state index in [0.717, 1.165) is 12.8 Å². The highest BCUT2D eigenvalue weighted by molar-refractivity contribution is 5.33. The molecule has 4 heteroatoms. The van der Waals surface area contributed by atoms with Crippen LogP contribution in [0, 0.1) is 5.82 Å². The molecule has 0 aliphatic carbocycles. The summed E-state index contributed by atoms with van der Waals surface area (Å²) in [5, 5.41) is 14.4. The SMILES string of the molecule is COc1ccc(C2(O)CC3CCCC(C2)N3)cc1F. The van der Waals surface area contributed by atoms with Gasteiger partial charge in [0, 0.05) is 12.1 Å². The van der Waals surface area contributed by atoms with Crippen LogP contribution >= 0.6 is 0 Å². The number of fused-ring (bicyclic) bond motifs is 2. The first-order valence-electron chi connectivity index (χ1n) is 6.93. The molecule has 3 rings (SSSR count). The number of methoxy groups -OCH3 is 1. The van der Waals surface area contributed by atoms with Crippen LogP contribution in [-0.4, -0.2) is 24.3 Å². The molecule has 104 valence electrons. The lowest BCUT2D eigenvalue weighted by atomic mass is 9.74. The minimum absolute atomic E-state index is 0.224. The highest BCUT2D eigenvalue weighted by Crippen LogP contribution is 2.40. The van der Waals surface area contributed by atoms with E-state index in [1.807, 2.05) is 0 Å². The van der Waals surface area contributed by atoms with Gasteiger partial charge in [0.1, 0.15) is 0 Å². The number of nitrogens with one attached hydrogen (secondary N) is 1. The lowest BCUT2D eigenvalue weighted by Crippen LogP contribution is -2.54. The van der Waals surface area contributed by atoms with Crippen LogP contribution in [0.15, 0.2) is 18.2 Å². The van der Waals surface area contributed by atoms with Gasteiger partial charge in [-0.15, -0.1) is 0 Å². The molecular weight excluding hydrogens is 245 g/mol. The van der Waals surface area contributed by atoms with Crippen LogP contribution in [-0.2, 0) is 5.60 Å². The lowest BCUT2D eigenvalue weighted by molar-refractivity contribution is -0.0361. The number of piperidine rings is 2. The van der Waals surface area contributed by atoms with Crippen molar-refractivity contribution in [2.45, 2.75) is 49.8 Å². The standard InChI is InChI=1S/C15H20FNO2/c1-19-14-6-5-10(7-13(14)16)15(18)8-11-3-2-4-12(9-15)17-11/h5-7,11-12,17-18H,2-4,8-9H2,1H3. The molecule has 2 atom stereocenters. The molecule has 3 nitrogen and oxygen atoms in total. The summed E-state index contributed by atoms with van der Waals surface area (Å²) in [7, 11) is 1.45. The Kier molecular flexibility index (Phi) is 3.23. The normalized spacial score (nSPS) is 34.1. The van der Waals surface area contributed by atoms with E-state index < -0.39 is 11.4 Å². The predicted molar refractivity (Wildman–Crippen MR) is 70.6 cm³/mol. The van der Waals surface area contributed by atoms with Gasteiger partial charge in [0.15, 0.2) is 11.6 Å². The fourth-order valence-electron chi connectivity index (χ4n) is 3.52. The minimum Gasteiger partial charge on any atom is -0.494 e. The van der Waals surface area contributed by atoms with Crippen molar-refractivity contribution < 1.29 is 14.2 Å². The molecule has 2 heterocycles. The first-order chi connectivity index (χ1) is 9.10. The van der Waals surface area contributed by atoms with Gasteiger partial charge in [-0.1, -0.05) is 12.5 Å². The molecule has 2 unspecified atom stereocenters. The number of hydrogen-bond acceptors (Lipinski definition) is 3. The first-order valence-corrected chi connectivity index (χ1v) is 6.93. The van der Waals surface area contributed by atoms with Crippen molar-refractivity contribution in [3.63, 3.8) is 0 Å². The van der Waals surface area contributed by atoms with E-state index >= 15 is 0 Å². The number of halogens is 1. The summed E-state index contributed by atoms with van der Waals surface area (Å²) in [6, 6.07) is 5.49. The third-order valence-corrected chi connectivity index (χ3v) is 4.43. The lowest BCUT2D eigenvalue weighted by Gasteiger charge is -2.45. The Balaban J connectivity index is 1.89. The summed E-state index contributed by atoms with van der Waals surface area (Å²) in [4.78, 5) is 0. The summed E-state index contributed by atoms with van der Waals surface area (Å²) in [5.74, 6) is -0.182. The second-order valence-corrected chi connectivity index (χ2v) is 5.78. The van der Waals surface area contributed by atoms with Crippen LogP contribution in [0.2, 0.25) is 0 Å². The van der Waals surface area contributed by atoms with Crippen molar-refractivity contribution in [1.82, 2.24) is 5.32 Å². The zero-order valence-corrected chi connectivity index (χ0v) is 11.2. The van der Waals surface area contributed by atoms with E-state index in [0.29, 0.717) is 30.5 Å². The van der Waals surface area contributed by atoms with Crippen molar-refractivity contribution in [2.75, 3.05) is 7.11 Å². The van der Waals surface area contributed by atoms with Crippen molar-refractivity contribution in [3.8, 4) is 5.75 Å². The van der Waals surface area contributed by atoms with Crippen molar-refractivity contribution in [1.29, 1.82) is 0 Å². The third kappa shape index (κ3) is 2.35. The maximum atomic E-state index is 13.8. The highest BCUT2D eigenvalue weighted by atomic mass is 19.1. The molecule has 0 aromatic heterocycles. The Labute approximate surface area is 112 Å². The molecule has 0 spiro atoms. The molecule has 2 saturated heterocycles.